The fourth-order valence-electron chi connectivity index (χ4n) is 3.24. The summed E-state index contributed by atoms with van der Waals surface area (Å²) in [6.45, 7) is 1.47. The number of benzene rings is 1. The van der Waals surface area contributed by atoms with E-state index >= 15 is 0 Å². The van der Waals surface area contributed by atoms with Crippen molar-refractivity contribution in [2.75, 3.05) is 26.9 Å². The van der Waals surface area contributed by atoms with Gasteiger partial charge in [-0.05, 0) is 18.9 Å². The average Bonchev–Trinajstić information content (AvgIpc) is 3.08. The van der Waals surface area contributed by atoms with Crippen LogP contribution in [-0.2, 0) is 27.2 Å². The van der Waals surface area contributed by atoms with E-state index in [0.29, 0.717) is 13.2 Å². The van der Waals surface area contributed by atoms with Crippen LogP contribution in [0.3, 0.4) is 0 Å². The van der Waals surface area contributed by atoms with Gasteiger partial charge in [-0.1, -0.05) is 18.2 Å². The Bertz CT molecular complexity index is 826. The molecule has 0 amide bonds. The lowest BCUT2D eigenvalue weighted by molar-refractivity contribution is 0.0509. The Balaban J connectivity index is 1.89. The number of para-hydroxylation sites is 1. The van der Waals surface area contributed by atoms with Crippen LogP contribution in [-0.4, -0.2) is 45.1 Å². The van der Waals surface area contributed by atoms with E-state index in [0.717, 1.165) is 24.2 Å². The highest BCUT2D eigenvalue weighted by Crippen LogP contribution is 2.39. The van der Waals surface area contributed by atoms with Crippen molar-refractivity contribution in [3.05, 3.63) is 42.2 Å². The van der Waals surface area contributed by atoms with Crippen molar-refractivity contribution in [1.82, 2.24) is 14.5 Å². The molecule has 0 spiro atoms. The van der Waals surface area contributed by atoms with Crippen molar-refractivity contribution in [2.24, 2.45) is 7.05 Å². The normalized spacial score (nSPS) is 17.4. The maximum atomic E-state index is 12.6. The quantitative estimate of drug-likeness (QED) is 0.838. The number of hydrogen-bond donors (Lipinski definition) is 1. The molecule has 8 heteroatoms. The monoisotopic (exact) mass is 365 g/mol. The van der Waals surface area contributed by atoms with Gasteiger partial charge >= 0.3 is 0 Å². The Morgan fingerprint density at radius 2 is 2.04 bits per heavy atom. The van der Waals surface area contributed by atoms with Gasteiger partial charge in [0.25, 0.3) is 0 Å². The number of hydrogen-bond acceptors (Lipinski definition) is 5. The van der Waals surface area contributed by atoms with E-state index in [-0.39, 0.29) is 16.9 Å². The summed E-state index contributed by atoms with van der Waals surface area (Å²) in [5.41, 5.74) is 0.648. The van der Waals surface area contributed by atoms with Gasteiger partial charge in [-0.25, -0.2) is 13.1 Å². The molecule has 1 saturated heterocycles. The van der Waals surface area contributed by atoms with E-state index in [2.05, 4.69) is 9.82 Å². The number of sulfonamides is 1. The summed E-state index contributed by atoms with van der Waals surface area (Å²) in [6, 6.07) is 7.77. The Labute approximate surface area is 148 Å². The third kappa shape index (κ3) is 3.70. The standard InChI is InChI=1S/C17H23N3O4S/c1-20-12-14(11-18-20)25(21,22)19-13-17(7-9-24-10-8-17)15-5-3-4-6-16(15)23-2/h3-6,11-12,19H,7-10,13H2,1-2H3. The lowest BCUT2D eigenvalue weighted by atomic mass is 9.74. The average molecular weight is 365 g/mol. The van der Waals surface area contributed by atoms with E-state index in [1.54, 1.807) is 14.2 Å². The third-order valence-electron chi connectivity index (χ3n) is 4.72. The Morgan fingerprint density at radius 3 is 2.68 bits per heavy atom. The summed E-state index contributed by atoms with van der Waals surface area (Å²) in [5, 5.41) is 3.94. The minimum absolute atomic E-state index is 0.164. The summed E-state index contributed by atoms with van der Waals surface area (Å²) in [5.74, 6) is 0.768. The molecule has 0 atom stereocenters. The minimum Gasteiger partial charge on any atom is -0.496 e. The van der Waals surface area contributed by atoms with Gasteiger partial charge in [0, 0.05) is 44.0 Å². The number of methoxy groups -OCH3 is 1. The molecular formula is C17H23N3O4S. The van der Waals surface area contributed by atoms with Gasteiger partial charge in [-0.2, -0.15) is 5.10 Å². The molecule has 1 aliphatic rings. The molecule has 1 N–H and O–H groups in total. The van der Waals surface area contributed by atoms with Crippen LogP contribution in [0.1, 0.15) is 18.4 Å². The van der Waals surface area contributed by atoms with E-state index in [1.807, 2.05) is 24.3 Å². The highest BCUT2D eigenvalue weighted by Gasteiger charge is 2.38. The van der Waals surface area contributed by atoms with Crippen molar-refractivity contribution in [2.45, 2.75) is 23.2 Å². The van der Waals surface area contributed by atoms with Gasteiger partial charge in [0.15, 0.2) is 0 Å². The maximum Gasteiger partial charge on any atom is 0.243 e. The molecule has 1 fully saturated rings. The van der Waals surface area contributed by atoms with E-state index < -0.39 is 10.0 Å². The van der Waals surface area contributed by atoms with Gasteiger partial charge in [-0.15, -0.1) is 0 Å². The third-order valence-corrected chi connectivity index (χ3v) is 6.08. The summed E-state index contributed by atoms with van der Waals surface area (Å²) < 4.78 is 40.4. The van der Waals surface area contributed by atoms with Gasteiger partial charge < -0.3 is 9.47 Å². The van der Waals surface area contributed by atoms with Crippen LogP contribution in [0, 0.1) is 0 Å². The first kappa shape index (κ1) is 17.9. The van der Waals surface area contributed by atoms with E-state index in [1.165, 1.54) is 17.1 Å². The number of aromatic nitrogens is 2. The molecule has 0 bridgehead atoms. The Hall–Kier alpha value is -1.90. The molecular weight excluding hydrogens is 342 g/mol. The summed E-state index contributed by atoms with van der Waals surface area (Å²) in [6.07, 6.45) is 4.29. The zero-order valence-electron chi connectivity index (χ0n) is 14.4. The highest BCUT2D eigenvalue weighted by molar-refractivity contribution is 7.89. The molecule has 3 rings (SSSR count). The van der Waals surface area contributed by atoms with Gasteiger partial charge in [0.2, 0.25) is 10.0 Å². The number of ether oxygens (including phenoxy) is 2. The largest absolute Gasteiger partial charge is 0.496 e. The molecule has 2 aromatic rings. The predicted octanol–water partition coefficient (Wildman–Crippen LogP) is 1.46. The molecule has 2 heterocycles. The van der Waals surface area contributed by atoms with Crippen LogP contribution in [0.4, 0.5) is 0 Å². The minimum atomic E-state index is -3.62. The Morgan fingerprint density at radius 1 is 1.32 bits per heavy atom. The second-order valence-corrected chi connectivity index (χ2v) is 8.03. The molecule has 0 unspecified atom stereocenters. The SMILES string of the molecule is COc1ccccc1C1(CNS(=O)(=O)c2cnn(C)c2)CCOCC1. The topological polar surface area (TPSA) is 82.5 Å². The first-order valence-corrected chi connectivity index (χ1v) is 9.65. The maximum absolute atomic E-state index is 12.6. The van der Waals surface area contributed by atoms with Crippen LogP contribution >= 0.6 is 0 Å². The van der Waals surface area contributed by atoms with Gasteiger partial charge in [0.1, 0.15) is 10.6 Å². The van der Waals surface area contributed by atoms with Gasteiger partial charge in [-0.3, -0.25) is 4.68 Å². The number of aryl methyl sites for hydroxylation is 1. The molecule has 1 aromatic carbocycles. The number of rotatable bonds is 6. The van der Waals surface area contributed by atoms with Crippen molar-refractivity contribution in [3.63, 3.8) is 0 Å². The molecule has 1 aromatic heterocycles. The lowest BCUT2D eigenvalue weighted by Crippen LogP contribution is -2.44. The second-order valence-electron chi connectivity index (χ2n) is 6.27. The molecule has 136 valence electrons. The van der Waals surface area contributed by atoms with Crippen LogP contribution in [0.5, 0.6) is 5.75 Å². The second kappa shape index (κ2) is 7.15. The molecule has 25 heavy (non-hydrogen) atoms. The van der Waals surface area contributed by atoms with Crippen LogP contribution in [0.25, 0.3) is 0 Å². The molecule has 1 aliphatic heterocycles. The molecule has 0 aliphatic carbocycles. The zero-order valence-corrected chi connectivity index (χ0v) is 15.3. The van der Waals surface area contributed by atoms with Crippen LogP contribution in [0.2, 0.25) is 0 Å². The number of nitrogens with zero attached hydrogens (tertiary/aromatic N) is 2. The van der Waals surface area contributed by atoms with E-state index in [4.69, 9.17) is 9.47 Å². The number of nitrogens with one attached hydrogen (secondary N) is 1. The smallest absolute Gasteiger partial charge is 0.243 e. The van der Waals surface area contributed by atoms with Crippen molar-refractivity contribution < 1.29 is 17.9 Å². The summed E-state index contributed by atoms with van der Waals surface area (Å²) >= 11 is 0. The van der Waals surface area contributed by atoms with Crippen molar-refractivity contribution in [3.8, 4) is 5.75 Å². The highest BCUT2D eigenvalue weighted by atomic mass is 32.2. The lowest BCUT2D eigenvalue weighted by Gasteiger charge is -2.38. The van der Waals surface area contributed by atoms with Crippen LogP contribution < -0.4 is 9.46 Å². The fourth-order valence-corrected chi connectivity index (χ4v) is 4.35. The Kier molecular flexibility index (Phi) is 5.12. The first-order valence-electron chi connectivity index (χ1n) is 8.16. The van der Waals surface area contributed by atoms with Gasteiger partial charge in [0.05, 0.1) is 13.3 Å². The molecule has 0 saturated carbocycles. The van der Waals surface area contributed by atoms with E-state index in [9.17, 15) is 8.42 Å². The molecule has 0 radical (unpaired) electrons. The zero-order chi connectivity index (χ0) is 17.9. The first-order chi connectivity index (χ1) is 12.0. The van der Waals surface area contributed by atoms with Crippen molar-refractivity contribution in [1.29, 1.82) is 0 Å². The molecule has 7 nitrogen and oxygen atoms in total. The fraction of sp³-hybridized carbons (Fsp3) is 0.471. The summed E-state index contributed by atoms with van der Waals surface area (Å²) in [7, 11) is -0.301. The van der Waals surface area contributed by atoms with Crippen molar-refractivity contribution >= 4 is 10.0 Å². The van der Waals surface area contributed by atoms with Crippen LogP contribution in [0.15, 0.2) is 41.6 Å². The summed E-state index contributed by atoms with van der Waals surface area (Å²) in [4.78, 5) is 0.164. The predicted molar refractivity (Wildman–Crippen MR) is 93.1 cm³/mol.